The molecule has 0 bridgehead atoms. The summed E-state index contributed by atoms with van der Waals surface area (Å²) in [5, 5.41) is 3.23. The van der Waals surface area contributed by atoms with Crippen molar-refractivity contribution in [2.24, 2.45) is 0 Å². The number of anilines is 1. The summed E-state index contributed by atoms with van der Waals surface area (Å²) in [6, 6.07) is 15.3. The van der Waals surface area contributed by atoms with Crippen molar-refractivity contribution >= 4 is 17.6 Å². The van der Waals surface area contributed by atoms with Gasteiger partial charge in [-0.1, -0.05) is 52.0 Å². The van der Waals surface area contributed by atoms with Gasteiger partial charge in [-0.15, -0.1) is 0 Å². The Bertz CT molecular complexity index is 1440. The van der Waals surface area contributed by atoms with Crippen LogP contribution in [0.4, 0.5) is 10.5 Å². The topological polar surface area (TPSA) is 96.7 Å². The molecule has 1 saturated heterocycles. The van der Waals surface area contributed by atoms with Crippen LogP contribution >= 0.6 is 0 Å². The number of rotatable bonds is 12. The minimum Gasteiger partial charge on any atom is -0.464 e. The Morgan fingerprint density at radius 2 is 1.60 bits per heavy atom. The molecule has 1 N–H and O–H groups in total. The Kier molecular flexibility index (Phi) is 10.7. The summed E-state index contributed by atoms with van der Waals surface area (Å²) in [5.41, 5.74) is 3.88. The molecular formula is C35H46N4O6. The third-order valence-corrected chi connectivity index (χ3v) is 8.31. The number of para-hydroxylation sites is 1. The number of furan rings is 1. The molecular weight excluding hydrogens is 572 g/mol. The van der Waals surface area contributed by atoms with E-state index in [9.17, 15) is 9.59 Å². The Hall–Kier alpha value is -4.02. The van der Waals surface area contributed by atoms with Crippen molar-refractivity contribution in [3.8, 4) is 11.5 Å². The molecule has 0 unspecified atom stereocenters. The predicted octanol–water partition coefficient (Wildman–Crippen LogP) is 5.96. The van der Waals surface area contributed by atoms with E-state index in [1.165, 1.54) is 0 Å². The second kappa shape index (κ2) is 14.8. The van der Waals surface area contributed by atoms with Gasteiger partial charge in [0.1, 0.15) is 18.1 Å². The summed E-state index contributed by atoms with van der Waals surface area (Å²) in [5.74, 6) is 3.06. The number of morpholine rings is 1. The minimum absolute atomic E-state index is 0.0821. The molecule has 242 valence electrons. The van der Waals surface area contributed by atoms with Gasteiger partial charge >= 0.3 is 6.03 Å². The van der Waals surface area contributed by atoms with E-state index in [0.29, 0.717) is 50.1 Å². The quantitative estimate of drug-likeness (QED) is 0.268. The molecule has 0 saturated carbocycles. The van der Waals surface area contributed by atoms with E-state index < -0.39 is 0 Å². The maximum Gasteiger partial charge on any atom is 0.322 e. The van der Waals surface area contributed by atoms with Crippen molar-refractivity contribution in [2.75, 3.05) is 58.0 Å². The third-order valence-electron chi connectivity index (χ3n) is 8.31. The predicted molar refractivity (Wildman–Crippen MR) is 173 cm³/mol. The largest absolute Gasteiger partial charge is 0.464 e. The Labute approximate surface area is 266 Å². The van der Waals surface area contributed by atoms with Crippen molar-refractivity contribution in [2.45, 2.75) is 59.5 Å². The number of hydrogen-bond donors (Lipinski definition) is 1. The number of amides is 3. The number of aryl methyl sites for hydroxylation is 1. The van der Waals surface area contributed by atoms with Gasteiger partial charge in [0.25, 0.3) is 0 Å². The van der Waals surface area contributed by atoms with Gasteiger partial charge in [-0.25, -0.2) is 4.79 Å². The molecule has 0 spiro atoms. The van der Waals surface area contributed by atoms with Gasteiger partial charge in [-0.2, -0.15) is 0 Å². The van der Waals surface area contributed by atoms with Crippen LogP contribution in [0.3, 0.4) is 0 Å². The van der Waals surface area contributed by atoms with Crippen LogP contribution in [-0.2, 0) is 22.6 Å². The van der Waals surface area contributed by atoms with E-state index in [4.69, 9.17) is 18.6 Å². The number of benzene rings is 2. The van der Waals surface area contributed by atoms with Crippen molar-refractivity contribution in [3.63, 3.8) is 0 Å². The first-order valence-electron chi connectivity index (χ1n) is 15.9. The number of nitrogens with zero attached hydrogens (tertiary/aromatic N) is 3. The van der Waals surface area contributed by atoms with E-state index in [1.807, 2.05) is 43.3 Å². The maximum absolute atomic E-state index is 14.1. The molecule has 1 fully saturated rings. The van der Waals surface area contributed by atoms with Crippen molar-refractivity contribution in [1.29, 1.82) is 0 Å². The summed E-state index contributed by atoms with van der Waals surface area (Å²) in [6.45, 7) is 15.0. The lowest BCUT2D eigenvalue weighted by Gasteiger charge is -2.32. The Balaban J connectivity index is 1.39. The maximum atomic E-state index is 14.1. The van der Waals surface area contributed by atoms with E-state index in [-0.39, 0.29) is 43.7 Å². The smallest absolute Gasteiger partial charge is 0.322 e. The third kappa shape index (κ3) is 8.38. The molecule has 2 aliphatic rings. The number of fused-ring (bicyclic) bond motifs is 1. The zero-order valence-corrected chi connectivity index (χ0v) is 27.1. The standard InChI is InChI=1S/C35H46N4O6/c1-24(2)29-7-6-8-30(25(3)4)34(29)36-35(41)38(14-13-37-15-17-42-18-16-37)22-33(40)39(21-28-11-9-26(5)45-28)20-27-10-12-31-32(19-27)44-23-43-31/h6-12,19,24-25H,13-18,20-23H2,1-5H3,(H,36,41). The summed E-state index contributed by atoms with van der Waals surface area (Å²) < 4.78 is 22.4. The second-order valence-electron chi connectivity index (χ2n) is 12.4. The summed E-state index contributed by atoms with van der Waals surface area (Å²) in [7, 11) is 0. The molecule has 3 amide bonds. The van der Waals surface area contributed by atoms with Gasteiger partial charge in [0.05, 0.1) is 19.8 Å². The number of ether oxygens (including phenoxy) is 3. The highest BCUT2D eigenvalue weighted by Gasteiger charge is 2.26. The van der Waals surface area contributed by atoms with Gasteiger partial charge in [0.2, 0.25) is 12.7 Å². The fourth-order valence-corrected chi connectivity index (χ4v) is 5.73. The van der Waals surface area contributed by atoms with Crippen LogP contribution in [0.2, 0.25) is 0 Å². The summed E-state index contributed by atoms with van der Waals surface area (Å²) in [6.07, 6.45) is 0. The SMILES string of the molecule is Cc1ccc(CN(Cc2ccc3c(c2)OCO3)C(=O)CN(CCN2CCOCC2)C(=O)Nc2c(C(C)C)cccc2C(C)C)o1. The van der Waals surface area contributed by atoms with Gasteiger partial charge in [-0.05, 0) is 59.7 Å². The highest BCUT2D eigenvalue weighted by atomic mass is 16.7. The van der Waals surface area contributed by atoms with Gasteiger partial charge in [0.15, 0.2) is 11.5 Å². The van der Waals surface area contributed by atoms with Crippen LogP contribution < -0.4 is 14.8 Å². The fraction of sp³-hybridized carbons (Fsp3) is 0.486. The van der Waals surface area contributed by atoms with Gasteiger partial charge < -0.3 is 33.7 Å². The zero-order chi connectivity index (χ0) is 31.9. The lowest BCUT2D eigenvalue weighted by atomic mass is 9.93. The number of carbonyl (C=O) groups excluding carboxylic acids is 2. The van der Waals surface area contributed by atoms with Crippen LogP contribution in [-0.4, -0.2) is 79.4 Å². The molecule has 2 aromatic carbocycles. The molecule has 0 radical (unpaired) electrons. The normalized spacial score (nSPS) is 14.6. The highest BCUT2D eigenvalue weighted by Crippen LogP contribution is 2.34. The second-order valence-corrected chi connectivity index (χ2v) is 12.4. The zero-order valence-electron chi connectivity index (χ0n) is 27.1. The van der Waals surface area contributed by atoms with Crippen LogP contribution in [0.5, 0.6) is 11.5 Å². The lowest BCUT2D eigenvalue weighted by molar-refractivity contribution is -0.133. The summed E-state index contributed by atoms with van der Waals surface area (Å²) in [4.78, 5) is 33.9. The van der Waals surface area contributed by atoms with Crippen LogP contribution in [0.15, 0.2) is 52.9 Å². The Morgan fingerprint density at radius 3 is 2.27 bits per heavy atom. The average Bonchev–Trinajstić information content (AvgIpc) is 3.67. The first-order chi connectivity index (χ1) is 21.7. The Morgan fingerprint density at radius 1 is 0.889 bits per heavy atom. The highest BCUT2D eigenvalue weighted by molar-refractivity contribution is 5.94. The van der Waals surface area contributed by atoms with E-state index in [0.717, 1.165) is 41.2 Å². The van der Waals surface area contributed by atoms with Crippen LogP contribution in [0.1, 0.15) is 67.7 Å². The molecule has 1 aromatic heterocycles. The first-order valence-corrected chi connectivity index (χ1v) is 15.9. The number of nitrogens with one attached hydrogen (secondary N) is 1. The van der Waals surface area contributed by atoms with E-state index >= 15 is 0 Å². The number of hydrogen-bond acceptors (Lipinski definition) is 7. The molecule has 3 aromatic rings. The van der Waals surface area contributed by atoms with Crippen molar-refractivity contribution in [3.05, 3.63) is 76.7 Å². The molecule has 10 nitrogen and oxygen atoms in total. The van der Waals surface area contributed by atoms with Crippen molar-refractivity contribution in [1.82, 2.24) is 14.7 Å². The van der Waals surface area contributed by atoms with Crippen LogP contribution in [0, 0.1) is 6.92 Å². The molecule has 0 atom stereocenters. The van der Waals surface area contributed by atoms with Crippen LogP contribution in [0.25, 0.3) is 0 Å². The van der Waals surface area contributed by atoms with Crippen molar-refractivity contribution < 1.29 is 28.2 Å². The molecule has 3 heterocycles. The monoisotopic (exact) mass is 618 g/mol. The molecule has 2 aliphatic heterocycles. The molecule has 10 heteroatoms. The average molecular weight is 619 g/mol. The molecule has 5 rings (SSSR count). The van der Waals surface area contributed by atoms with Gasteiger partial charge in [-0.3, -0.25) is 9.69 Å². The fourth-order valence-electron chi connectivity index (χ4n) is 5.73. The first kappa shape index (κ1) is 32.4. The summed E-state index contributed by atoms with van der Waals surface area (Å²) >= 11 is 0. The van der Waals surface area contributed by atoms with E-state index in [1.54, 1.807) is 9.80 Å². The van der Waals surface area contributed by atoms with Gasteiger partial charge in [0, 0.05) is 38.4 Å². The minimum atomic E-state index is -0.288. The molecule has 0 aliphatic carbocycles. The lowest BCUT2D eigenvalue weighted by Crippen LogP contribution is -2.48. The number of urea groups is 1. The molecule has 45 heavy (non-hydrogen) atoms. The van der Waals surface area contributed by atoms with E-state index in [2.05, 4.69) is 50.0 Å². The number of carbonyl (C=O) groups is 2.